The van der Waals surface area contributed by atoms with Crippen LogP contribution in [0.25, 0.3) is 79.4 Å². The van der Waals surface area contributed by atoms with Crippen molar-refractivity contribution in [2.75, 3.05) is 4.90 Å². The molecule has 0 saturated carbocycles. The van der Waals surface area contributed by atoms with Crippen molar-refractivity contribution in [3.63, 3.8) is 0 Å². The van der Waals surface area contributed by atoms with Gasteiger partial charge in [-0.15, -0.1) is 0 Å². The van der Waals surface area contributed by atoms with Crippen LogP contribution in [0.3, 0.4) is 0 Å². The number of furan rings is 1. The molecule has 0 atom stereocenters. The summed E-state index contributed by atoms with van der Waals surface area (Å²) in [4.78, 5) is 2.22. The summed E-state index contributed by atoms with van der Waals surface area (Å²) in [5.74, 6) is 0. The van der Waals surface area contributed by atoms with Crippen LogP contribution in [0.2, 0.25) is 0 Å². The molecule has 1 aromatic heterocycles. The van der Waals surface area contributed by atoms with Crippen molar-refractivity contribution >= 4 is 62.8 Å². The largest absolute Gasteiger partial charge is 0.455 e. The summed E-state index contributed by atoms with van der Waals surface area (Å²) in [5.41, 5.74) is 10.8. The molecule has 1 heterocycles. The predicted molar refractivity (Wildman–Crippen MR) is 242 cm³/mol. The van der Waals surface area contributed by atoms with Crippen LogP contribution in [0, 0.1) is 0 Å². The lowest BCUT2D eigenvalue weighted by Gasteiger charge is -2.29. The number of nitrogens with zero attached hydrogens (tertiary/aromatic N) is 1. The van der Waals surface area contributed by atoms with Crippen LogP contribution in [0.5, 0.6) is 0 Å². The van der Waals surface area contributed by atoms with E-state index in [0.29, 0.717) is 0 Å². The van der Waals surface area contributed by atoms with E-state index in [1.54, 1.807) is 6.08 Å². The maximum absolute atomic E-state index is 6.75. The SMILES string of the molecule is C=C/C=C\c1ccc/c(=C(/C=C)N(/C(C=C)=C/C=C/c2cccc(-c3ccccc3)c2)c2ccccc2-c2cccc3c2oc2cc4ccccc4cc23)c1=C. The smallest absolute Gasteiger partial charge is 0.143 e. The summed E-state index contributed by atoms with van der Waals surface area (Å²) in [5, 5.41) is 6.31. The lowest BCUT2D eigenvalue weighted by molar-refractivity contribution is 0.670. The van der Waals surface area contributed by atoms with Crippen molar-refractivity contribution in [2.24, 2.45) is 0 Å². The van der Waals surface area contributed by atoms with Crippen LogP contribution < -0.4 is 15.3 Å². The fraction of sp³-hybridized carbons (Fsp3) is 0. The molecule has 8 aromatic rings. The zero-order chi connectivity index (χ0) is 38.4. The maximum atomic E-state index is 6.75. The van der Waals surface area contributed by atoms with Crippen LogP contribution in [0.1, 0.15) is 11.1 Å². The standard InChI is InChI=1S/C54H41NO/c1-5-8-22-40-27-18-31-46(38(40)4)51(7-3)55(45(6-2)29-17-21-39-20-16-28-42(35-39)41-23-10-9-11-24-41)52-34-15-14-30-47(52)48-32-19-33-49-50-36-43-25-12-13-26-44(43)37-53(50)56-54(48)49/h5-37H,1-4H2/b21-17+,22-8-,45-29+,51-46+. The van der Waals surface area contributed by atoms with E-state index < -0.39 is 0 Å². The van der Waals surface area contributed by atoms with Gasteiger partial charge < -0.3 is 9.32 Å². The average Bonchev–Trinajstić information content (AvgIpc) is 3.61. The molecule has 0 amide bonds. The van der Waals surface area contributed by atoms with Crippen LogP contribution in [-0.4, -0.2) is 0 Å². The van der Waals surface area contributed by atoms with Gasteiger partial charge in [0.15, 0.2) is 0 Å². The van der Waals surface area contributed by atoms with E-state index in [2.05, 4.69) is 195 Å². The molecule has 0 aliphatic carbocycles. The summed E-state index contributed by atoms with van der Waals surface area (Å²) in [6.45, 7) is 17.1. The highest BCUT2D eigenvalue weighted by atomic mass is 16.3. The molecule has 0 fully saturated rings. The van der Waals surface area contributed by atoms with Gasteiger partial charge in [0.2, 0.25) is 0 Å². The molecule has 0 spiro atoms. The topological polar surface area (TPSA) is 16.4 Å². The summed E-state index contributed by atoms with van der Waals surface area (Å²) in [7, 11) is 0. The Bertz CT molecular complexity index is 2990. The second-order valence-corrected chi connectivity index (χ2v) is 13.5. The average molecular weight is 720 g/mol. The fourth-order valence-electron chi connectivity index (χ4n) is 7.44. The molecule has 0 saturated heterocycles. The molecular formula is C54H41NO. The minimum Gasteiger partial charge on any atom is -0.455 e. The zero-order valence-corrected chi connectivity index (χ0v) is 31.2. The van der Waals surface area contributed by atoms with E-state index in [1.165, 1.54) is 16.5 Å². The molecule has 0 N–H and O–H groups in total. The highest BCUT2D eigenvalue weighted by molar-refractivity contribution is 6.14. The number of anilines is 1. The van der Waals surface area contributed by atoms with E-state index in [-0.39, 0.29) is 0 Å². The number of fused-ring (bicyclic) bond motifs is 4. The first-order valence-corrected chi connectivity index (χ1v) is 18.7. The first kappa shape index (κ1) is 35.6. The van der Waals surface area contributed by atoms with Gasteiger partial charge in [-0.1, -0.05) is 184 Å². The number of rotatable bonds is 11. The Kier molecular flexibility index (Phi) is 10.1. The van der Waals surface area contributed by atoms with E-state index in [9.17, 15) is 0 Å². The Balaban J connectivity index is 1.33. The van der Waals surface area contributed by atoms with Crippen LogP contribution in [-0.2, 0) is 0 Å². The first-order valence-electron chi connectivity index (χ1n) is 18.7. The molecule has 56 heavy (non-hydrogen) atoms. The minimum absolute atomic E-state index is 0.835. The van der Waals surface area contributed by atoms with E-state index in [4.69, 9.17) is 4.42 Å². The van der Waals surface area contributed by atoms with Gasteiger partial charge in [-0.3, -0.25) is 0 Å². The lowest BCUT2D eigenvalue weighted by atomic mass is 9.98. The normalized spacial score (nSPS) is 12.5. The summed E-state index contributed by atoms with van der Waals surface area (Å²) in [6.07, 6.45) is 15.8. The van der Waals surface area contributed by atoms with Crippen molar-refractivity contribution in [2.45, 2.75) is 0 Å². The molecule has 7 aromatic carbocycles. The van der Waals surface area contributed by atoms with Crippen molar-refractivity contribution in [3.8, 4) is 22.3 Å². The molecule has 0 aliphatic rings. The van der Waals surface area contributed by atoms with Crippen molar-refractivity contribution < 1.29 is 4.42 Å². The predicted octanol–water partition coefficient (Wildman–Crippen LogP) is 13.3. The van der Waals surface area contributed by atoms with Gasteiger partial charge in [0.1, 0.15) is 11.2 Å². The molecular weight excluding hydrogens is 679 g/mol. The summed E-state index contributed by atoms with van der Waals surface area (Å²) < 4.78 is 6.75. The Morgan fingerprint density at radius 3 is 2.09 bits per heavy atom. The number of hydrogen-bond acceptors (Lipinski definition) is 2. The van der Waals surface area contributed by atoms with E-state index in [0.717, 1.165) is 77.1 Å². The quantitative estimate of drug-likeness (QED) is 0.124. The van der Waals surface area contributed by atoms with E-state index >= 15 is 0 Å². The molecule has 8 rings (SSSR count). The van der Waals surface area contributed by atoms with Gasteiger partial charge in [0.05, 0.1) is 11.4 Å². The van der Waals surface area contributed by atoms with Gasteiger partial charge >= 0.3 is 0 Å². The van der Waals surface area contributed by atoms with Gasteiger partial charge in [-0.05, 0) is 80.7 Å². The third-order valence-electron chi connectivity index (χ3n) is 10.2. The van der Waals surface area contributed by atoms with Crippen LogP contribution >= 0.6 is 0 Å². The van der Waals surface area contributed by atoms with Gasteiger partial charge in [0.25, 0.3) is 0 Å². The summed E-state index contributed by atoms with van der Waals surface area (Å²) in [6, 6.07) is 52.8. The Hall–Kier alpha value is -7.42. The number of benzene rings is 7. The second kappa shape index (κ2) is 15.9. The molecule has 0 aliphatic heterocycles. The summed E-state index contributed by atoms with van der Waals surface area (Å²) >= 11 is 0. The number of para-hydroxylation sites is 2. The number of allylic oxidation sites excluding steroid dienone is 5. The molecule has 268 valence electrons. The Labute approximate surface area is 328 Å². The number of hydrogen-bond donors (Lipinski definition) is 0. The maximum Gasteiger partial charge on any atom is 0.143 e. The Morgan fingerprint density at radius 2 is 1.29 bits per heavy atom. The fourth-order valence-corrected chi connectivity index (χ4v) is 7.44. The lowest BCUT2D eigenvalue weighted by Crippen LogP contribution is -2.34. The minimum atomic E-state index is 0.835. The Morgan fingerprint density at radius 1 is 0.571 bits per heavy atom. The van der Waals surface area contributed by atoms with Crippen molar-refractivity contribution in [3.05, 3.63) is 235 Å². The third-order valence-corrected chi connectivity index (χ3v) is 10.2. The second-order valence-electron chi connectivity index (χ2n) is 13.5. The van der Waals surface area contributed by atoms with Gasteiger partial charge in [0, 0.05) is 32.8 Å². The molecule has 0 bridgehead atoms. The molecule has 2 nitrogen and oxygen atoms in total. The first-order chi connectivity index (χ1) is 27.6. The van der Waals surface area contributed by atoms with Crippen molar-refractivity contribution in [1.29, 1.82) is 0 Å². The monoisotopic (exact) mass is 719 g/mol. The zero-order valence-electron chi connectivity index (χ0n) is 31.2. The highest BCUT2D eigenvalue weighted by Crippen LogP contribution is 2.42. The van der Waals surface area contributed by atoms with Crippen LogP contribution in [0.15, 0.2) is 218 Å². The van der Waals surface area contributed by atoms with Gasteiger partial charge in [-0.25, -0.2) is 0 Å². The molecule has 0 radical (unpaired) electrons. The highest BCUT2D eigenvalue weighted by Gasteiger charge is 2.21. The van der Waals surface area contributed by atoms with Crippen molar-refractivity contribution in [1.82, 2.24) is 0 Å². The van der Waals surface area contributed by atoms with Crippen LogP contribution in [0.4, 0.5) is 5.69 Å². The third kappa shape index (κ3) is 6.88. The van der Waals surface area contributed by atoms with Gasteiger partial charge in [-0.2, -0.15) is 0 Å². The van der Waals surface area contributed by atoms with E-state index in [1.807, 2.05) is 30.4 Å². The molecule has 0 unspecified atom stereocenters. The molecule has 2 heteroatoms.